The molecule has 1 unspecified atom stereocenters. The van der Waals surface area contributed by atoms with Crippen molar-refractivity contribution >= 4 is 28.3 Å². The van der Waals surface area contributed by atoms with E-state index in [2.05, 4.69) is 33.0 Å². The Morgan fingerprint density at radius 2 is 2.20 bits per heavy atom. The molecule has 20 heavy (non-hydrogen) atoms. The summed E-state index contributed by atoms with van der Waals surface area (Å²) in [5.74, 6) is 0.922. The lowest BCUT2D eigenvalue weighted by atomic mass is 9.98. The minimum atomic E-state index is 0. The molecule has 0 amide bonds. The van der Waals surface area contributed by atoms with Gasteiger partial charge in [0.2, 0.25) is 0 Å². The Balaban J connectivity index is 0.00000200. The van der Waals surface area contributed by atoms with Crippen molar-refractivity contribution in [2.45, 2.75) is 38.3 Å². The number of methoxy groups -OCH3 is 1. The highest BCUT2D eigenvalue weighted by molar-refractivity contribution is 9.10. The smallest absolute Gasteiger partial charge is 0.119 e. The predicted molar refractivity (Wildman–Crippen MR) is 89.7 cm³/mol. The SMILES string of the molecule is COc1ccc(Br)c(CN2CCCCC2CCN)c1.Cl. The van der Waals surface area contributed by atoms with Crippen LogP contribution in [0.15, 0.2) is 22.7 Å². The van der Waals surface area contributed by atoms with Crippen molar-refractivity contribution in [3.8, 4) is 5.75 Å². The summed E-state index contributed by atoms with van der Waals surface area (Å²) >= 11 is 3.64. The van der Waals surface area contributed by atoms with Crippen LogP contribution in [0.5, 0.6) is 5.75 Å². The van der Waals surface area contributed by atoms with Crippen molar-refractivity contribution in [2.24, 2.45) is 5.73 Å². The molecule has 3 nitrogen and oxygen atoms in total. The zero-order valence-corrected chi connectivity index (χ0v) is 14.4. The summed E-state index contributed by atoms with van der Waals surface area (Å²) in [5, 5.41) is 0. The molecule has 1 heterocycles. The van der Waals surface area contributed by atoms with E-state index in [1.54, 1.807) is 7.11 Å². The number of nitrogens with two attached hydrogens (primary N) is 1. The number of benzene rings is 1. The molecule has 1 aromatic rings. The van der Waals surface area contributed by atoms with Crippen molar-refractivity contribution in [3.05, 3.63) is 28.2 Å². The van der Waals surface area contributed by atoms with Crippen LogP contribution in [0.4, 0.5) is 0 Å². The molecule has 1 atom stereocenters. The molecule has 1 aliphatic rings. The van der Waals surface area contributed by atoms with Gasteiger partial charge in [-0.25, -0.2) is 0 Å². The van der Waals surface area contributed by atoms with Crippen molar-refractivity contribution in [2.75, 3.05) is 20.2 Å². The van der Waals surface area contributed by atoms with E-state index in [0.717, 1.165) is 29.7 Å². The third kappa shape index (κ3) is 4.62. The molecular formula is C15H24BrClN2O. The van der Waals surface area contributed by atoms with E-state index in [4.69, 9.17) is 10.5 Å². The molecule has 1 aliphatic heterocycles. The van der Waals surface area contributed by atoms with Crippen LogP contribution in [-0.4, -0.2) is 31.1 Å². The van der Waals surface area contributed by atoms with Crippen molar-refractivity contribution in [1.82, 2.24) is 4.90 Å². The van der Waals surface area contributed by atoms with Gasteiger partial charge in [0.15, 0.2) is 0 Å². The predicted octanol–water partition coefficient (Wildman–Crippen LogP) is 3.58. The molecule has 0 spiro atoms. The summed E-state index contributed by atoms with van der Waals surface area (Å²) in [7, 11) is 1.71. The zero-order chi connectivity index (χ0) is 13.7. The number of likely N-dealkylation sites (tertiary alicyclic amines) is 1. The molecule has 1 fully saturated rings. The first-order chi connectivity index (χ1) is 9.24. The van der Waals surface area contributed by atoms with Gasteiger partial charge in [0.1, 0.15) is 5.75 Å². The van der Waals surface area contributed by atoms with Crippen molar-refractivity contribution < 1.29 is 4.74 Å². The highest BCUT2D eigenvalue weighted by Gasteiger charge is 2.22. The van der Waals surface area contributed by atoms with Gasteiger partial charge in [0.25, 0.3) is 0 Å². The van der Waals surface area contributed by atoms with Crippen molar-refractivity contribution in [3.63, 3.8) is 0 Å². The van der Waals surface area contributed by atoms with E-state index in [-0.39, 0.29) is 12.4 Å². The van der Waals surface area contributed by atoms with E-state index < -0.39 is 0 Å². The molecule has 0 saturated carbocycles. The second-order valence-electron chi connectivity index (χ2n) is 5.15. The number of rotatable bonds is 5. The lowest BCUT2D eigenvalue weighted by Crippen LogP contribution is -2.40. The second-order valence-corrected chi connectivity index (χ2v) is 6.01. The zero-order valence-electron chi connectivity index (χ0n) is 12.0. The minimum absolute atomic E-state index is 0. The molecule has 2 rings (SSSR count). The first kappa shape index (κ1) is 17.8. The first-order valence-corrected chi connectivity index (χ1v) is 7.80. The summed E-state index contributed by atoms with van der Waals surface area (Å²) in [6, 6.07) is 6.81. The maximum absolute atomic E-state index is 5.73. The largest absolute Gasteiger partial charge is 0.497 e. The fraction of sp³-hybridized carbons (Fsp3) is 0.600. The lowest BCUT2D eigenvalue weighted by Gasteiger charge is -2.36. The molecule has 0 bridgehead atoms. The number of hydrogen-bond acceptors (Lipinski definition) is 3. The van der Waals surface area contributed by atoms with E-state index in [9.17, 15) is 0 Å². The Hall–Kier alpha value is -0.290. The average molecular weight is 364 g/mol. The van der Waals surface area contributed by atoms with Crippen LogP contribution in [0, 0.1) is 0 Å². The highest BCUT2D eigenvalue weighted by atomic mass is 79.9. The van der Waals surface area contributed by atoms with Crippen LogP contribution >= 0.6 is 28.3 Å². The molecular weight excluding hydrogens is 340 g/mol. The third-order valence-corrected chi connectivity index (χ3v) is 4.65. The van der Waals surface area contributed by atoms with E-state index in [0.29, 0.717) is 6.04 Å². The van der Waals surface area contributed by atoms with Crippen LogP contribution in [0.2, 0.25) is 0 Å². The summed E-state index contributed by atoms with van der Waals surface area (Å²) in [5.41, 5.74) is 7.03. The fourth-order valence-electron chi connectivity index (χ4n) is 2.81. The van der Waals surface area contributed by atoms with Gasteiger partial charge in [0, 0.05) is 17.1 Å². The minimum Gasteiger partial charge on any atom is -0.497 e. The molecule has 0 aromatic heterocycles. The molecule has 2 N–H and O–H groups in total. The molecule has 0 aliphatic carbocycles. The Bertz CT molecular complexity index is 415. The number of nitrogens with zero attached hydrogens (tertiary/aromatic N) is 1. The Morgan fingerprint density at radius 3 is 2.90 bits per heavy atom. The highest BCUT2D eigenvalue weighted by Crippen LogP contribution is 2.27. The third-order valence-electron chi connectivity index (χ3n) is 3.88. The molecule has 0 radical (unpaired) electrons. The van der Waals surface area contributed by atoms with Gasteiger partial charge in [-0.1, -0.05) is 22.4 Å². The molecule has 114 valence electrons. The first-order valence-electron chi connectivity index (χ1n) is 7.01. The van der Waals surface area contributed by atoms with E-state index >= 15 is 0 Å². The maximum atomic E-state index is 5.73. The van der Waals surface area contributed by atoms with Crippen LogP contribution in [0.25, 0.3) is 0 Å². The second kappa shape index (κ2) is 8.88. The van der Waals surface area contributed by atoms with Crippen LogP contribution in [0.3, 0.4) is 0 Å². The van der Waals surface area contributed by atoms with Crippen LogP contribution < -0.4 is 10.5 Å². The van der Waals surface area contributed by atoms with Gasteiger partial charge < -0.3 is 10.5 Å². The molecule has 5 heteroatoms. The Morgan fingerprint density at radius 1 is 1.40 bits per heavy atom. The van der Waals surface area contributed by atoms with Crippen molar-refractivity contribution in [1.29, 1.82) is 0 Å². The fourth-order valence-corrected chi connectivity index (χ4v) is 3.18. The van der Waals surface area contributed by atoms with Gasteiger partial charge in [-0.05, 0) is 56.1 Å². The standard InChI is InChI=1S/C15H23BrN2O.ClH/c1-19-14-5-6-15(16)12(10-14)11-18-9-3-2-4-13(18)7-8-17;/h5-6,10,13H,2-4,7-9,11,17H2,1H3;1H. The number of halogens is 2. The Labute approximate surface area is 136 Å². The number of hydrogen-bond donors (Lipinski definition) is 1. The van der Waals surface area contributed by atoms with Gasteiger partial charge in [-0.15, -0.1) is 12.4 Å². The Kier molecular flexibility index (Phi) is 7.88. The van der Waals surface area contributed by atoms with Gasteiger partial charge in [-0.2, -0.15) is 0 Å². The summed E-state index contributed by atoms with van der Waals surface area (Å²) in [6.07, 6.45) is 5.00. The van der Waals surface area contributed by atoms with Crippen LogP contribution in [0.1, 0.15) is 31.2 Å². The van der Waals surface area contributed by atoms with Gasteiger partial charge in [-0.3, -0.25) is 4.90 Å². The normalized spacial score (nSPS) is 19.4. The lowest BCUT2D eigenvalue weighted by molar-refractivity contribution is 0.133. The van der Waals surface area contributed by atoms with E-state index in [1.165, 1.54) is 31.4 Å². The van der Waals surface area contributed by atoms with Gasteiger partial charge >= 0.3 is 0 Å². The number of ether oxygens (including phenoxy) is 1. The summed E-state index contributed by atoms with van der Waals surface area (Å²) in [4.78, 5) is 2.57. The van der Waals surface area contributed by atoms with Gasteiger partial charge in [0.05, 0.1) is 7.11 Å². The molecule has 1 aromatic carbocycles. The maximum Gasteiger partial charge on any atom is 0.119 e. The quantitative estimate of drug-likeness (QED) is 0.869. The van der Waals surface area contributed by atoms with E-state index in [1.807, 2.05) is 6.07 Å². The number of piperidine rings is 1. The van der Waals surface area contributed by atoms with Crippen LogP contribution in [-0.2, 0) is 6.54 Å². The monoisotopic (exact) mass is 362 g/mol. The molecule has 1 saturated heterocycles. The summed E-state index contributed by atoms with van der Waals surface area (Å²) in [6.45, 7) is 2.93. The summed E-state index contributed by atoms with van der Waals surface area (Å²) < 4.78 is 6.47. The topological polar surface area (TPSA) is 38.5 Å². The average Bonchev–Trinajstić information content (AvgIpc) is 2.43.